The summed E-state index contributed by atoms with van der Waals surface area (Å²) in [5, 5.41) is 6.97. The first kappa shape index (κ1) is 23.2. The number of imide groups is 1. The summed E-state index contributed by atoms with van der Waals surface area (Å²) in [4.78, 5) is 40.6. The molecule has 0 bridgehead atoms. The van der Waals surface area contributed by atoms with Crippen molar-refractivity contribution < 1.29 is 19.1 Å². The van der Waals surface area contributed by atoms with Crippen LogP contribution in [0.15, 0.2) is 60.7 Å². The summed E-state index contributed by atoms with van der Waals surface area (Å²) in [6.07, 6.45) is 2.65. The highest BCUT2D eigenvalue weighted by molar-refractivity contribution is 6.05. The largest absolute Gasteiger partial charge is 0.494 e. The second kappa shape index (κ2) is 10.8. The van der Waals surface area contributed by atoms with Gasteiger partial charge in [0.1, 0.15) is 24.5 Å². The van der Waals surface area contributed by atoms with E-state index in [0.717, 1.165) is 29.7 Å². The fourth-order valence-electron chi connectivity index (χ4n) is 3.78. The molecule has 1 aliphatic heterocycles. The summed E-state index contributed by atoms with van der Waals surface area (Å²) in [5.41, 5.74) is 2.71. The molecule has 8 nitrogen and oxygen atoms in total. The maximum absolute atomic E-state index is 12.9. The predicted molar refractivity (Wildman–Crippen MR) is 127 cm³/mol. The molecule has 0 radical (unpaired) electrons. The van der Waals surface area contributed by atoms with Gasteiger partial charge in [-0.15, -0.1) is 0 Å². The number of carbonyl (C=O) groups is 3. The molecule has 1 aromatic heterocycles. The Morgan fingerprint density at radius 2 is 1.74 bits per heavy atom. The summed E-state index contributed by atoms with van der Waals surface area (Å²) in [5.74, 6) is -0.397. The van der Waals surface area contributed by atoms with E-state index in [1.54, 1.807) is 6.07 Å². The number of hydrogen-bond donors (Lipinski definition) is 1. The van der Waals surface area contributed by atoms with E-state index in [4.69, 9.17) is 4.74 Å². The second-order valence-electron chi connectivity index (χ2n) is 8.23. The van der Waals surface area contributed by atoms with E-state index >= 15 is 0 Å². The monoisotopic (exact) mass is 460 g/mol. The third-order valence-corrected chi connectivity index (χ3v) is 5.73. The van der Waals surface area contributed by atoms with Crippen molar-refractivity contribution in [1.82, 2.24) is 20.0 Å². The lowest BCUT2D eigenvalue weighted by atomic mass is 10.1. The van der Waals surface area contributed by atoms with E-state index in [0.29, 0.717) is 25.3 Å². The van der Waals surface area contributed by atoms with Gasteiger partial charge in [-0.1, -0.05) is 43.7 Å². The number of benzene rings is 2. The van der Waals surface area contributed by atoms with Crippen molar-refractivity contribution in [2.24, 2.45) is 0 Å². The maximum Gasteiger partial charge on any atom is 0.272 e. The first-order valence-corrected chi connectivity index (χ1v) is 11.5. The van der Waals surface area contributed by atoms with Crippen molar-refractivity contribution in [1.29, 1.82) is 0 Å². The Morgan fingerprint density at radius 3 is 2.41 bits per heavy atom. The number of ether oxygens (including phenoxy) is 1. The highest BCUT2D eigenvalue weighted by Crippen LogP contribution is 2.22. The summed E-state index contributed by atoms with van der Waals surface area (Å²) in [7, 11) is 0. The van der Waals surface area contributed by atoms with Gasteiger partial charge in [-0.25, -0.2) is 0 Å². The fourth-order valence-corrected chi connectivity index (χ4v) is 3.78. The van der Waals surface area contributed by atoms with Gasteiger partial charge in [-0.2, -0.15) is 5.10 Å². The average molecular weight is 461 g/mol. The number of aromatic nitrogens is 2. The molecule has 2 heterocycles. The number of rotatable bonds is 9. The number of aromatic amines is 1. The third-order valence-electron chi connectivity index (χ3n) is 5.73. The van der Waals surface area contributed by atoms with Crippen LogP contribution in [0, 0.1) is 0 Å². The molecule has 0 atom stereocenters. The molecule has 3 amide bonds. The summed E-state index contributed by atoms with van der Waals surface area (Å²) >= 11 is 0. The van der Waals surface area contributed by atoms with Gasteiger partial charge in [0.15, 0.2) is 0 Å². The van der Waals surface area contributed by atoms with Crippen molar-refractivity contribution in [3.8, 4) is 17.0 Å². The molecule has 176 valence electrons. The molecule has 2 aromatic carbocycles. The van der Waals surface area contributed by atoms with Crippen LogP contribution in [0.5, 0.6) is 5.75 Å². The molecule has 0 spiro atoms. The Morgan fingerprint density at radius 1 is 1.03 bits per heavy atom. The average Bonchev–Trinajstić information content (AvgIpc) is 3.34. The van der Waals surface area contributed by atoms with Crippen LogP contribution in [0.2, 0.25) is 0 Å². The zero-order chi connectivity index (χ0) is 23.9. The summed E-state index contributed by atoms with van der Waals surface area (Å²) in [6.45, 7) is 2.81. The lowest BCUT2D eigenvalue weighted by molar-refractivity contribution is -0.150. The lowest BCUT2D eigenvalue weighted by Gasteiger charge is -2.32. The third kappa shape index (κ3) is 5.51. The molecule has 1 saturated heterocycles. The molecular weight excluding hydrogens is 432 g/mol. The first-order valence-electron chi connectivity index (χ1n) is 11.5. The number of nitrogens with one attached hydrogen (secondary N) is 1. The van der Waals surface area contributed by atoms with Crippen molar-refractivity contribution >= 4 is 17.7 Å². The van der Waals surface area contributed by atoms with Crippen molar-refractivity contribution in [3.63, 3.8) is 0 Å². The Hall–Kier alpha value is -3.94. The van der Waals surface area contributed by atoms with Crippen molar-refractivity contribution in [2.75, 3.05) is 26.2 Å². The van der Waals surface area contributed by atoms with E-state index in [2.05, 4.69) is 17.1 Å². The van der Waals surface area contributed by atoms with Gasteiger partial charge in [0.05, 0.1) is 12.3 Å². The van der Waals surface area contributed by atoms with E-state index in [-0.39, 0.29) is 30.6 Å². The van der Waals surface area contributed by atoms with Crippen LogP contribution >= 0.6 is 0 Å². The topological polar surface area (TPSA) is 95.6 Å². The Bertz CT molecular complexity index is 1120. The highest BCUT2D eigenvalue weighted by atomic mass is 16.5. The Labute approximate surface area is 198 Å². The van der Waals surface area contributed by atoms with Crippen LogP contribution in [0.4, 0.5) is 0 Å². The molecule has 4 rings (SSSR count). The molecule has 3 aromatic rings. The molecule has 1 aliphatic rings. The van der Waals surface area contributed by atoms with Gasteiger partial charge < -0.3 is 9.64 Å². The number of amides is 3. The van der Waals surface area contributed by atoms with E-state index in [1.165, 1.54) is 9.80 Å². The standard InChI is InChI=1S/C26H28N4O4/c1-2-3-15-34-21-11-9-20(10-12-21)22-16-23(28-27-22)26(33)29-17-24(31)30(25(32)18-29)14-13-19-7-5-4-6-8-19/h4-12,16H,2-3,13-15,17-18H2,1H3,(H,27,28). The minimum Gasteiger partial charge on any atom is -0.494 e. The number of H-pyrrole nitrogens is 1. The van der Waals surface area contributed by atoms with Gasteiger partial charge in [-0.3, -0.25) is 24.4 Å². The quantitative estimate of drug-likeness (QED) is 0.390. The van der Waals surface area contributed by atoms with Gasteiger partial charge in [-0.05, 0) is 48.7 Å². The number of piperazine rings is 1. The molecule has 0 aliphatic carbocycles. The van der Waals surface area contributed by atoms with Gasteiger partial charge in [0.25, 0.3) is 5.91 Å². The van der Waals surface area contributed by atoms with Crippen molar-refractivity contribution in [3.05, 3.63) is 71.9 Å². The van der Waals surface area contributed by atoms with E-state index < -0.39 is 5.91 Å². The van der Waals surface area contributed by atoms with E-state index in [9.17, 15) is 14.4 Å². The molecule has 1 fully saturated rings. The Balaban J connectivity index is 1.36. The second-order valence-corrected chi connectivity index (χ2v) is 8.23. The molecule has 34 heavy (non-hydrogen) atoms. The van der Waals surface area contributed by atoms with Crippen LogP contribution in [0.25, 0.3) is 11.3 Å². The Kier molecular flexibility index (Phi) is 7.37. The zero-order valence-electron chi connectivity index (χ0n) is 19.2. The molecular formula is C26H28N4O4. The molecule has 0 saturated carbocycles. The fraction of sp³-hybridized carbons (Fsp3) is 0.308. The first-order chi connectivity index (χ1) is 16.5. The normalized spacial score (nSPS) is 13.9. The van der Waals surface area contributed by atoms with Gasteiger partial charge in [0, 0.05) is 12.1 Å². The molecule has 8 heteroatoms. The van der Waals surface area contributed by atoms with Gasteiger partial charge in [0.2, 0.25) is 11.8 Å². The smallest absolute Gasteiger partial charge is 0.272 e. The van der Waals surface area contributed by atoms with Crippen LogP contribution in [0.1, 0.15) is 35.8 Å². The summed E-state index contributed by atoms with van der Waals surface area (Å²) in [6, 6.07) is 18.8. The van der Waals surface area contributed by atoms with Crippen LogP contribution < -0.4 is 4.74 Å². The van der Waals surface area contributed by atoms with Crippen LogP contribution in [-0.2, 0) is 16.0 Å². The highest BCUT2D eigenvalue weighted by Gasteiger charge is 2.34. The predicted octanol–water partition coefficient (Wildman–Crippen LogP) is 3.31. The number of nitrogens with zero attached hydrogens (tertiary/aromatic N) is 3. The zero-order valence-corrected chi connectivity index (χ0v) is 19.2. The lowest BCUT2D eigenvalue weighted by Crippen LogP contribution is -2.56. The number of unbranched alkanes of at least 4 members (excludes halogenated alkanes) is 1. The maximum atomic E-state index is 12.9. The molecule has 0 unspecified atom stereocenters. The van der Waals surface area contributed by atoms with Crippen LogP contribution in [0.3, 0.4) is 0 Å². The number of hydrogen-bond acceptors (Lipinski definition) is 5. The number of carbonyl (C=O) groups excluding carboxylic acids is 3. The van der Waals surface area contributed by atoms with Gasteiger partial charge >= 0.3 is 0 Å². The van der Waals surface area contributed by atoms with Crippen LogP contribution in [-0.4, -0.2) is 64.0 Å². The van der Waals surface area contributed by atoms with E-state index in [1.807, 2.05) is 54.6 Å². The minimum absolute atomic E-state index is 0.141. The summed E-state index contributed by atoms with van der Waals surface area (Å²) < 4.78 is 5.67. The van der Waals surface area contributed by atoms with Crippen molar-refractivity contribution in [2.45, 2.75) is 26.2 Å². The molecule has 1 N–H and O–H groups in total. The SMILES string of the molecule is CCCCOc1ccc(-c2cc(C(=O)N3CC(=O)N(CCc4ccccc4)C(=O)C3)[nH]n2)cc1. The minimum atomic E-state index is -0.428.